The van der Waals surface area contributed by atoms with Gasteiger partial charge in [0, 0.05) is 25.7 Å². The Balaban J connectivity index is 1.63. The van der Waals surface area contributed by atoms with Crippen molar-refractivity contribution in [2.75, 3.05) is 26.2 Å². The third-order valence-electron chi connectivity index (χ3n) is 4.04. The molecule has 2 fully saturated rings. The number of aliphatic carboxylic acids is 1. The zero-order valence-corrected chi connectivity index (χ0v) is 12.4. The minimum Gasteiger partial charge on any atom is -0.479 e. The van der Waals surface area contributed by atoms with Crippen LogP contribution in [-0.4, -0.2) is 66.6 Å². The molecular formula is C14H24N2O5. The van der Waals surface area contributed by atoms with Crippen molar-refractivity contribution in [3.05, 3.63) is 0 Å². The molecule has 0 spiro atoms. The molecule has 0 saturated carbocycles. The molecule has 0 aliphatic carbocycles. The van der Waals surface area contributed by atoms with Crippen LogP contribution in [0.1, 0.15) is 32.6 Å². The Morgan fingerprint density at radius 1 is 1.29 bits per heavy atom. The van der Waals surface area contributed by atoms with Crippen LogP contribution in [0.3, 0.4) is 0 Å². The Morgan fingerprint density at radius 3 is 2.57 bits per heavy atom. The monoisotopic (exact) mass is 300 g/mol. The molecule has 2 N–H and O–H groups in total. The molecule has 21 heavy (non-hydrogen) atoms. The van der Waals surface area contributed by atoms with Gasteiger partial charge in [0.2, 0.25) is 0 Å². The van der Waals surface area contributed by atoms with Crippen LogP contribution in [0.2, 0.25) is 0 Å². The highest BCUT2D eigenvalue weighted by Gasteiger charge is 2.31. The number of hydrogen-bond donors (Lipinski definition) is 2. The largest absolute Gasteiger partial charge is 0.479 e. The molecule has 0 aromatic rings. The number of carboxylic acids is 1. The van der Waals surface area contributed by atoms with Crippen LogP contribution >= 0.6 is 0 Å². The number of carboxylic acid groups (broad SMARTS) is 1. The number of ether oxygens (including phenoxy) is 2. The van der Waals surface area contributed by atoms with E-state index in [-0.39, 0.29) is 12.2 Å². The van der Waals surface area contributed by atoms with Crippen molar-refractivity contribution in [2.45, 2.75) is 50.9 Å². The molecule has 2 atom stereocenters. The lowest BCUT2D eigenvalue weighted by Gasteiger charge is -2.32. The zero-order chi connectivity index (χ0) is 15.2. The lowest BCUT2D eigenvalue weighted by Crippen LogP contribution is -2.46. The van der Waals surface area contributed by atoms with E-state index in [1.165, 1.54) is 0 Å². The Hall–Kier alpha value is -1.34. The molecule has 0 aromatic heterocycles. The molecule has 2 heterocycles. The van der Waals surface area contributed by atoms with Gasteiger partial charge in [-0.3, -0.25) is 0 Å². The number of likely N-dealkylation sites (tertiary alicyclic amines) is 1. The summed E-state index contributed by atoms with van der Waals surface area (Å²) in [6.45, 7) is 4.27. The highest BCUT2D eigenvalue weighted by molar-refractivity contribution is 5.72. The molecule has 0 aromatic carbocycles. The van der Waals surface area contributed by atoms with Gasteiger partial charge in [0.25, 0.3) is 0 Å². The third kappa shape index (κ3) is 4.57. The standard InChI is InChI=1S/C14H24N2O5/c1-2-20-14(19)16-7-5-10(6-8-16)15-9-11-3-4-12(21-11)13(17)18/h10-12,15H,2-9H2,1H3,(H,17,18). The summed E-state index contributed by atoms with van der Waals surface area (Å²) in [6, 6.07) is 0.350. The van der Waals surface area contributed by atoms with Crippen molar-refractivity contribution in [1.82, 2.24) is 10.2 Å². The van der Waals surface area contributed by atoms with Crippen molar-refractivity contribution < 1.29 is 24.2 Å². The van der Waals surface area contributed by atoms with E-state index in [9.17, 15) is 9.59 Å². The summed E-state index contributed by atoms with van der Waals surface area (Å²) in [6.07, 6.45) is 2.23. The number of hydrogen-bond acceptors (Lipinski definition) is 5. The molecule has 1 amide bonds. The van der Waals surface area contributed by atoms with Crippen LogP contribution in [-0.2, 0) is 14.3 Å². The number of rotatable bonds is 5. The van der Waals surface area contributed by atoms with Crippen LogP contribution in [0, 0.1) is 0 Å². The second-order valence-corrected chi connectivity index (χ2v) is 5.53. The quantitative estimate of drug-likeness (QED) is 0.782. The van der Waals surface area contributed by atoms with E-state index < -0.39 is 12.1 Å². The first-order valence-electron chi connectivity index (χ1n) is 7.63. The van der Waals surface area contributed by atoms with Crippen LogP contribution in [0.25, 0.3) is 0 Å². The Bertz CT molecular complexity index is 368. The van der Waals surface area contributed by atoms with Gasteiger partial charge in [-0.1, -0.05) is 0 Å². The molecular weight excluding hydrogens is 276 g/mol. The van der Waals surface area contributed by atoms with E-state index in [2.05, 4.69) is 5.32 Å². The van der Waals surface area contributed by atoms with Gasteiger partial charge in [-0.15, -0.1) is 0 Å². The fourth-order valence-corrected chi connectivity index (χ4v) is 2.82. The third-order valence-corrected chi connectivity index (χ3v) is 4.04. The first kappa shape index (κ1) is 16.0. The van der Waals surface area contributed by atoms with Crippen molar-refractivity contribution in [1.29, 1.82) is 0 Å². The van der Waals surface area contributed by atoms with Gasteiger partial charge >= 0.3 is 12.1 Å². The summed E-state index contributed by atoms with van der Waals surface area (Å²) < 4.78 is 10.4. The summed E-state index contributed by atoms with van der Waals surface area (Å²) in [5.74, 6) is -0.875. The average molecular weight is 300 g/mol. The molecule has 2 rings (SSSR count). The Kier molecular flexibility index (Phi) is 5.81. The van der Waals surface area contributed by atoms with E-state index >= 15 is 0 Å². The summed E-state index contributed by atoms with van der Waals surface area (Å²) >= 11 is 0. The van der Waals surface area contributed by atoms with Gasteiger partial charge in [0.05, 0.1) is 12.7 Å². The second-order valence-electron chi connectivity index (χ2n) is 5.53. The zero-order valence-electron chi connectivity index (χ0n) is 12.4. The number of amides is 1. The van der Waals surface area contributed by atoms with Gasteiger partial charge in [0.1, 0.15) is 0 Å². The highest BCUT2D eigenvalue weighted by atomic mass is 16.6. The van der Waals surface area contributed by atoms with Crippen LogP contribution < -0.4 is 5.32 Å². The first-order valence-corrected chi connectivity index (χ1v) is 7.63. The van der Waals surface area contributed by atoms with E-state index in [4.69, 9.17) is 14.6 Å². The topological polar surface area (TPSA) is 88.1 Å². The van der Waals surface area contributed by atoms with Crippen molar-refractivity contribution in [2.24, 2.45) is 0 Å². The molecule has 0 radical (unpaired) electrons. The second kappa shape index (κ2) is 7.61. The van der Waals surface area contributed by atoms with Crippen molar-refractivity contribution in [3.63, 3.8) is 0 Å². The van der Waals surface area contributed by atoms with E-state index in [1.807, 2.05) is 0 Å². The maximum absolute atomic E-state index is 11.6. The SMILES string of the molecule is CCOC(=O)N1CCC(NCC2CCC(C(=O)O)O2)CC1. The van der Waals surface area contributed by atoms with Crippen LogP contribution in [0.4, 0.5) is 4.79 Å². The Morgan fingerprint density at radius 2 is 2.00 bits per heavy atom. The van der Waals surface area contributed by atoms with E-state index in [1.54, 1.807) is 11.8 Å². The predicted octanol–water partition coefficient (Wildman–Crippen LogP) is 0.829. The average Bonchev–Trinajstić information content (AvgIpc) is 2.95. The van der Waals surface area contributed by atoms with Crippen LogP contribution in [0.5, 0.6) is 0 Å². The van der Waals surface area contributed by atoms with E-state index in [0.29, 0.717) is 38.7 Å². The molecule has 0 bridgehead atoms. The summed E-state index contributed by atoms with van der Waals surface area (Å²) in [4.78, 5) is 24.1. The fourth-order valence-electron chi connectivity index (χ4n) is 2.82. The summed E-state index contributed by atoms with van der Waals surface area (Å²) in [7, 11) is 0. The van der Waals surface area contributed by atoms with Gasteiger partial charge in [0.15, 0.2) is 6.10 Å². The van der Waals surface area contributed by atoms with Crippen molar-refractivity contribution in [3.8, 4) is 0 Å². The number of carbonyl (C=O) groups excluding carboxylic acids is 1. The summed E-state index contributed by atoms with van der Waals surface area (Å²) in [5, 5.41) is 12.3. The van der Waals surface area contributed by atoms with Gasteiger partial charge < -0.3 is 24.8 Å². The minimum absolute atomic E-state index is 0.0193. The van der Waals surface area contributed by atoms with Crippen LogP contribution in [0.15, 0.2) is 0 Å². The molecule has 2 aliphatic rings. The number of carbonyl (C=O) groups is 2. The molecule has 7 heteroatoms. The van der Waals surface area contributed by atoms with Gasteiger partial charge in [-0.25, -0.2) is 9.59 Å². The maximum Gasteiger partial charge on any atom is 0.409 e. The molecule has 2 aliphatic heterocycles. The maximum atomic E-state index is 11.6. The molecule has 2 unspecified atom stereocenters. The molecule has 120 valence electrons. The first-order chi connectivity index (χ1) is 10.1. The minimum atomic E-state index is -0.875. The smallest absolute Gasteiger partial charge is 0.409 e. The normalized spacial score (nSPS) is 26.8. The predicted molar refractivity (Wildman–Crippen MR) is 75.2 cm³/mol. The molecule has 7 nitrogen and oxygen atoms in total. The van der Waals surface area contributed by atoms with Gasteiger partial charge in [-0.2, -0.15) is 0 Å². The summed E-state index contributed by atoms with van der Waals surface area (Å²) in [5.41, 5.74) is 0. The number of piperidine rings is 1. The number of nitrogens with zero attached hydrogens (tertiary/aromatic N) is 1. The van der Waals surface area contributed by atoms with E-state index in [0.717, 1.165) is 19.3 Å². The molecule has 2 saturated heterocycles. The lowest BCUT2D eigenvalue weighted by atomic mass is 10.0. The Labute approximate surface area is 124 Å². The highest BCUT2D eigenvalue weighted by Crippen LogP contribution is 2.20. The van der Waals surface area contributed by atoms with Crippen molar-refractivity contribution >= 4 is 12.1 Å². The number of nitrogens with one attached hydrogen (secondary N) is 1. The lowest BCUT2D eigenvalue weighted by molar-refractivity contribution is -0.149. The fraction of sp³-hybridized carbons (Fsp3) is 0.857. The van der Waals surface area contributed by atoms with Gasteiger partial charge in [-0.05, 0) is 32.6 Å².